The minimum Gasteiger partial charge on any atom is -0.486 e. The van der Waals surface area contributed by atoms with Crippen molar-refractivity contribution in [3.8, 4) is 11.5 Å². The molecule has 3 rings (SSSR count). The Bertz CT molecular complexity index is 1240. The standard InChI is InChI=1S/C27H36ClN3O6S/c1-5-19(2)29-27(33)20(3)30(18-21-8-6-9-22(28)16-21)26(32)10-7-13-31(38(4,34)35)23-11-12-24-25(17-23)37-15-14-36-24/h6,8-9,11-12,16-17,19-20H,5,7,10,13-15,18H2,1-4H3,(H,29,33)/t19-,20-/m0/s1. The number of amides is 2. The first-order valence-corrected chi connectivity index (χ1v) is 14.9. The van der Waals surface area contributed by atoms with Crippen LogP contribution in [0.1, 0.15) is 45.6 Å². The normalized spacial score (nSPS) is 14.3. The first kappa shape index (κ1) is 29.6. The summed E-state index contributed by atoms with van der Waals surface area (Å²) < 4.78 is 37.6. The summed E-state index contributed by atoms with van der Waals surface area (Å²) in [7, 11) is -3.63. The summed E-state index contributed by atoms with van der Waals surface area (Å²) in [5, 5.41) is 3.47. The number of carbonyl (C=O) groups is 2. The lowest BCUT2D eigenvalue weighted by molar-refractivity contribution is -0.140. The van der Waals surface area contributed by atoms with E-state index in [0.29, 0.717) is 35.4 Å². The van der Waals surface area contributed by atoms with E-state index in [1.165, 1.54) is 9.21 Å². The molecule has 1 aliphatic heterocycles. The van der Waals surface area contributed by atoms with Gasteiger partial charge in [-0.15, -0.1) is 0 Å². The molecular weight excluding hydrogens is 530 g/mol. The van der Waals surface area contributed by atoms with Crippen molar-refractivity contribution in [3.05, 3.63) is 53.1 Å². The molecule has 2 amide bonds. The van der Waals surface area contributed by atoms with Crippen LogP contribution in [-0.4, -0.2) is 63.2 Å². The van der Waals surface area contributed by atoms with Gasteiger partial charge in [-0.1, -0.05) is 30.7 Å². The summed E-state index contributed by atoms with van der Waals surface area (Å²) >= 11 is 6.14. The summed E-state index contributed by atoms with van der Waals surface area (Å²) in [6, 6.07) is 11.4. The smallest absolute Gasteiger partial charge is 0.242 e. The van der Waals surface area contributed by atoms with E-state index >= 15 is 0 Å². The number of halogens is 1. The monoisotopic (exact) mass is 565 g/mol. The molecule has 0 aromatic heterocycles. The number of ether oxygens (including phenoxy) is 2. The van der Waals surface area contributed by atoms with Gasteiger partial charge in [-0.3, -0.25) is 13.9 Å². The van der Waals surface area contributed by atoms with E-state index in [0.717, 1.165) is 18.2 Å². The number of rotatable bonds is 12. The quantitative estimate of drug-likeness (QED) is 0.417. The van der Waals surface area contributed by atoms with Gasteiger partial charge in [0.05, 0.1) is 11.9 Å². The van der Waals surface area contributed by atoms with Crippen LogP contribution in [0.15, 0.2) is 42.5 Å². The second-order valence-corrected chi connectivity index (χ2v) is 11.8. The molecule has 0 spiro atoms. The maximum absolute atomic E-state index is 13.4. The van der Waals surface area contributed by atoms with Crippen molar-refractivity contribution in [3.63, 3.8) is 0 Å². The highest BCUT2D eigenvalue weighted by molar-refractivity contribution is 7.92. The van der Waals surface area contributed by atoms with Gasteiger partial charge in [0.15, 0.2) is 11.5 Å². The Morgan fingerprint density at radius 2 is 1.79 bits per heavy atom. The van der Waals surface area contributed by atoms with Crippen molar-refractivity contribution in [1.29, 1.82) is 0 Å². The van der Waals surface area contributed by atoms with Gasteiger partial charge in [-0.2, -0.15) is 0 Å². The topological polar surface area (TPSA) is 105 Å². The second kappa shape index (κ2) is 13.2. The highest BCUT2D eigenvalue weighted by Crippen LogP contribution is 2.34. The lowest BCUT2D eigenvalue weighted by atomic mass is 10.1. The largest absolute Gasteiger partial charge is 0.486 e. The third-order valence-corrected chi connectivity index (χ3v) is 7.81. The molecule has 2 aromatic carbocycles. The predicted molar refractivity (Wildman–Crippen MR) is 148 cm³/mol. The first-order chi connectivity index (χ1) is 18.0. The highest BCUT2D eigenvalue weighted by atomic mass is 35.5. The number of anilines is 1. The minimum atomic E-state index is -3.63. The van der Waals surface area contributed by atoms with Crippen molar-refractivity contribution in [2.75, 3.05) is 30.3 Å². The van der Waals surface area contributed by atoms with Gasteiger partial charge in [0.25, 0.3) is 0 Å². The number of nitrogens with zero attached hydrogens (tertiary/aromatic N) is 2. The Labute approximate surface area is 230 Å². The molecule has 0 bridgehead atoms. The molecule has 9 nitrogen and oxygen atoms in total. The van der Waals surface area contributed by atoms with Crippen molar-refractivity contribution in [2.45, 2.75) is 58.7 Å². The number of fused-ring (bicyclic) bond motifs is 1. The van der Waals surface area contributed by atoms with E-state index < -0.39 is 16.1 Å². The maximum Gasteiger partial charge on any atom is 0.242 e. The zero-order valence-corrected chi connectivity index (χ0v) is 23.8. The van der Waals surface area contributed by atoms with Gasteiger partial charge >= 0.3 is 0 Å². The van der Waals surface area contributed by atoms with Crippen LogP contribution in [0.2, 0.25) is 5.02 Å². The second-order valence-electron chi connectivity index (χ2n) is 9.41. The van der Waals surface area contributed by atoms with Gasteiger partial charge < -0.3 is 19.7 Å². The van der Waals surface area contributed by atoms with E-state index in [2.05, 4.69) is 5.32 Å². The Morgan fingerprint density at radius 1 is 1.08 bits per heavy atom. The SMILES string of the molecule is CC[C@H](C)NC(=O)[C@H](C)N(Cc1cccc(Cl)c1)C(=O)CCCN(c1ccc2c(c1)OCCO2)S(C)(=O)=O. The Balaban J connectivity index is 1.74. The molecule has 38 heavy (non-hydrogen) atoms. The lowest BCUT2D eigenvalue weighted by Gasteiger charge is -2.30. The summed E-state index contributed by atoms with van der Waals surface area (Å²) in [5.41, 5.74) is 1.23. The zero-order valence-electron chi connectivity index (χ0n) is 22.3. The number of hydrogen-bond donors (Lipinski definition) is 1. The third-order valence-electron chi connectivity index (χ3n) is 6.38. The number of hydrogen-bond acceptors (Lipinski definition) is 6. The van der Waals surface area contributed by atoms with E-state index in [1.807, 2.05) is 19.9 Å². The molecule has 0 radical (unpaired) electrons. The van der Waals surface area contributed by atoms with Gasteiger partial charge in [-0.25, -0.2) is 8.42 Å². The molecule has 2 aromatic rings. The van der Waals surface area contributed by atoms with Crippen LogP contribution < -0.4 is 19.1 Å². The highest BCUT2D eigenvalue weighted by Gasteiger charge is 2.27. The van der Waals surface area contributed by atoms with Crippen LogP contribution in [0.3, 0.4) is 0 Å². The average Bonchev–Trinajstić information content (AvgIpc) is 2.88. The van der Waals surface area contributed by atoms with Crippen LogP contribution in [0.5, 0.6) is 11.5 Å². The summed E-state index contributed by atoms with van der Waals surface area (Å²) in [5.74, 6) is 0.536. The Kier molecular flexibility index (Phi) is 10.3. The molecule has 11 heteroatoms. The number of sulfonamides is 1. The number of benzene rings is 2. The van der Waals surface area contributed by atoms with Crippen LogP contribution in [-0.2, 0) is 26.2 Å². The molecule has 2 atom stereocenters. The van der Waals surface area contributed by atoms with Crippen LogP contribution >= 0.6 is 11.6 Å². The zero-order chi connectivity index (χ0) is 27.9. The van der Waals surface area contributed by atoms with Gasteiger partial charge in [0.2, 0.25) is 21.8 Å². The molecule has 1 N–H and O–H groups in total. The number of nitrogens with one attached hydrogen (secondary N) is 1. The van der Waals surface area contributed by atoms with Crippen LogP contribution in [0.4, 0.5) is 5.69 Å². The Morgan fingerprint density at radius 3 is 2.45 bits per heavy atom. The minimum absolute atomic E-state index is 0.0256. The summed E-state index contributed by atoms with van der Waals surface area (Å²) in [6.45, 7) is 6.68. The predicted octanol–water partition coefficient (Wildman–Crippen LogP) is 3.99. The van der Waals surface area contributed by atoms with Gasteiger partial charge in [0, 0.05) is 36.6 Å². The van der Waals surface area contributed by atoms with Gasteiger partial charge in [-0.05, 0) is 56.5 Å². The van der Waals surface area contributed by atoms with Gasteiger partial charge in [0.1, 0.15) is 19.3 Å². The van der Waals surface area contributed by atoms with Crippen molar-refractivity contribution in [2.24, 2.45) is 0 Å². The van der Waals surface area contributed by atoms with Crippen LogP contribution in [0.25, 0.3) is 0 Å². The molecular formula is C27H36ClN3O6S. The fourth-order valence-electron chi connectivity index (χ4n) is 4.07. The summed E-state index contributed by atoms with van der Waals surface area (Å²) in [4.78, 5) is 27.8. The molecule has 1 aliphatic rings. The van der Waals surface area contributed by atoms with Crippen molar-refractivity contribution in [1.82, 2.24) is 10.2 Å². The molecule has 1 heterocycles. The van der Waals surface area contributed by atoms with Crippen LogP contribution in [0, 0.1) is 0 Å². The van der Waals surface area contributed by atoms with Crippen molar-refractivity contribution >= 4 is 39.1 Å². The first-order valence-electron chi connectivity index (χ1n) is 12.7. The maximum atomic E-state index is 13.4. The lowest BCUT2D eigenvalue weighted by Crippen LogP contribution is -2.49. The van der Waals surface area contributed by atoms with E-state index in [9.17, 15) is 18.0 Å². The molecule has 0 saturated carbocycles. The van der Waals surface area contributed by atoms with E-state index in [4.69, 9.17) is 21.1 Å². The average molecular weight is 566 g/mol. The molecule has 0 aliphatic carbocycles. The van der Waals surface area contributed by atoms with E-state index in [-0.39, 0.29) is 43.8 Å². The fourth-order valence-corrected chi connectivity index (χ4v) is 5.24. The van der Waals surface area contributed by atoms with Crippen molar-refractivity contribution < 1.29 is 27.5 Å². The molecule has 0 fully saturated rings. The molecule has 0 unspecified atom stereocenters. The molecule has 208 valence electrons. The third kappa shape index (κ3) is 8.01. The fraction of sp³-hybridized carbons (Fsp3) is 0.481. The Hall–Kier alpha value is -2.98. The van der Waals surface area contributed by atoms with E-state index in [1.54, 1.807) is 43.3 Å². The number of carbonyl (C=O) groups excluding carboxylic acids is 2. The summed E-state index contributed by atoms with van der Waals surface area (Å²) in [6.07, 6.45) is 2.20. The molecule has 0 saturated heterocycles.